The van der Waals surface area contributed by atoms with Gasteiger partial charge in [0.15, 0.2) is 0 Å². The van der Waals surface area contributed by atoms with Crippen molar-refractivity contribution in [2.24, 2.45) is 0 Å². The van der Waals surface area contributed by atoms with Gasteiger partial charge in [-0.25, -0.2) is 4.79 Å². The summed E-state index contributed by atoms with van der Waals surface area (Å²) in [4.78, 5) is 29.4. The zero-order valence-corrected chi connectivity index (χ0v) is 25.8. The van der Waals surface area contributed by atoms with Gasteiger partial charge in [0.05, 0.1) is 12.6 Å². The van der Waals surface area contributed by atoms with Crippen LogP contribution in [0.3, 0.4) is 0 Å². The molecule has 0 aromatic heterocycles. The summed E-state index contributed by atoms with van der Waals surface area (Å²) in [7, 11) is 0. The molecular weight excluding hydrogens is 510 g/mol. The maximum absolute atomic E-state index is 13.0. The number of esters is 1. The van der Waals surface area contributed by atoms with Crippen LogP contribution < -0.4 is 5.32 Å². The van der Waals surface area contributed by atoms with E-state index in [4.69, 9.17) is 4.74 Å². The minimum absolute atomic E-state index is 0.0348. The predicted molar refractivity (Wildman–Crippen MR) is 158 cm³/mol. The molecule has 1 heterocycles. The normalized spacial score (nSPS) is 24.6. The van der Waals surface area contributed by atoms with Crippen molar-refractivity contribution in [3.8, 4) is 0 Å². The van der Waals surface area contributed by atoms with Crippen LogP contribution in [0.4, 0.5) is 4.79 Å². The third-order valence-electron chi connectivity index (χ3n) is 8.32. The fourth-order valence-corrected chi connectivity index (χ4v) is 6.01. The van der Waals surface area contributed by atoms with Crippen LogP contribution in [0.5, 0.6) is 0 Å². The van der Waals surface area contributed by atoms with Gasteiger partial charge in [-0.1, -0.05) is 64.7 Å². The van der Waals surface area contributed by atoms with Crippen LogP contribution in [0.2, 0.25) is 0 Å². The van der Waals surface area contributed by atoms with Crippen molar-refractivity contribution in [1.29, 1.82) is 0 Å². The van der Waals surface area contributed by atoms with Crippen LogP contribution in [0.25, 0.3) is 0 Å². The van der Waals surface area contributed by atoms with E-state index in [1.807, 2.05) is 25.7 Å². The van der Waals surface area contributed by atoms with Crippen molar-refractivity contribution in [1.82, 2.24) is 15.1 Å². The van der Waals surface area contributed by atoms with Gasteiger partial charge in [0, 0.05) is 31.1 Å². The number of amides is 2. The number of nitrogens with one attached hydrogen (secondary N) is 1. The largest absolute Gasteiger partial charge is 0.458 e. The number of nitrogens with zero attached hydrogens (tertiary/aromatic N) is 2. The van der Waals surface area contributed by atoms with Gasteiger partial charge in [-0.2, -0.15) is 0 Å². The number of hydrogen-bond acceptors (Lipinski definition) is 7. The molecule has 1 saturated heterocycles. The first kappa shape index (κ1) is 34.8. The van der Waals surface area contributed by atoms with Gasteiger partial charge >= 0.3 is 12.0 Å². The molecule has 0 spiro atoms. The van der Waals surface area contributed by atoms with E-state index in [9.17, 15) is 24.9 Å². The second-order valence-corrected chi connectivity index (χ2v) is 13.0. The lowest BCUT2D eigenvalue weighted by Gasteiger charge is -2.44. The van der Waals surface area contributed by atoms with Crippen LogP contribution in [0, 0.1) is 0 Å². The first-order valence-corrected chi connectivity index (χ1v) is 16.1. The molecule has 1 aliphatic heterocycles. The highest BCUT2D eigenvalue weighted by molar-refractivity contribution is 5.75. The van der Waals surface area contributed by atoms with Crippen molar-refractivity contribution in [3.05, 3.63) is 0 Å². The second-order valence-electron chi connectivity index (χ2n) is 13.0. The third-order valence-corrected chi connectivity index (χ3v) is 8.32. The van der Waals surface area contributed by atoms with Gasteiger partial charge in [-0.05, 0) is 59.4 Å². The number of unbranched alkanes of at least 4 members (excludes halogenated alkanes) is 7. The summed E-state index contributed by atoms with van der Waals surface area (Å²) in [5.41, 5.74) is -0.263. The number of aliphatic hydroxyl groups excluding tert-OH is 3. The second kappa shape index (κ2) is 18.2. The van der Waals surface area contributed by atoms with Crippen LogP contribution in [0.1, 0.15) is 124 Å². The molecule has 0 unspecified atom stereocenters. The topological polar surface area (TPSA) is 123 Å². The SMILES string of the molecule is CCCCCCCC(=O)O[C@H]1CN(CCCCCCN(C(=O)NC(C)(C)C)C2CCCCC2)[C@H](CO)[C@@H](O)[C@@H]1O. The molecule has 1 saturated carbocycles. The number of hydrogen-bond donors (Lipinski definition) is 4. The summed E-state index contributed by atoms with van der Waals surface area (Å²) in [6.45, 7) is 9.60. The van der Waals surface area contributed by atoms with Gasteiger partial charge < -0.3 is 30.3 Å². The lowest BCUT2D eigenvalue weighted by Crippen LogP contribution is -2.63. The fourth-order valence-electron chi connectivity index (χ4n) is 6.01. The zero-order chi connectivity index (χ0) is 29.5. The van der Waals surface area contributed by atoms with E-state index in [1.54, 1.807) is 0 Å². The Morgan fingerprint density at radius 2 is 1.57 bits per heavy atom. The average molecular weight is 570 g/mol. The van der Waals surface area contributed by atoms with Crippen LogP contribution in [-0.4, -0.2) is 99.3 Å². The van der Waals surface area contributed by atoms with Crippen LogP contribution in [-0.2, 0) is 9.53 Å². The molecule has 2 rings (SSSR count). The molecule has 4 N–H and O–H groups in total. The highest BCUT2D eigenvalue weighted by Gasteiger charge is 2.43. The molecule has 4 atom stereocenters. The minimum Gasteiger partial charge on any atom is -0.458 e. The molecule has 2 aliphatic rings. The highest BCUT2D eigenvalue weighted by Crippen LogP contribution is 2.25. The van der Waals surface area contributed by atoms with E-state index in [0.717, 1.165) is 77.2 Å². The average Bonchev–Trinajstić information content (AvgIpc) is 2.90. The van der Waals surface area contributed by atoms with Gasteiger partial charge in [0.1, 0.15) is 18.3 Å². The monoisotopic (exact) mass is 569 g/mol. The summed E-state index contributed by atoms with van der Waals surface area (Å²) < 4.78 is 5.57. The number of piperidine rings is 1. The Labute approximate surface area is 243 Å². The van der Waals surface area contributed by atoms with E-state index < -0.39 is 24.4 Å². The number of urea groups is 1. The molecule has 1 aliphatic carbocycles. The van der Waals surface area contributed by atoms with Gasteiger partial charge in [0.2, 0.25) is 0 Å². The van der Waals surface area contributed by atoms with Crippen molar-refractivity contribution in [3.63, 3.8) is 0 Å². The van der Waals surface area contributed by atoms with Gasteiger partial charge in [0.25, 0.3) is 0 Å². The quantitative estimate of drug-likeness (QED) is 0.161. The minimum atomic E-state index is -1.21. The molecule has 9 nitrogen and oxygen atoms in total. The Morgan fingerprint density at radius 1 is 0.925 bits per heavy atom. The van der Waals surface area contributed by atoms with E-state index in [2.05, 4.69) is 17.1 Å². The maximum atomic E-state index is 13.0. The molecule has 2 amide bonds. The molecular formula is C31H59N3O6. The number of carbonyl (C=O) groups is 2. The number of rotatable bonds is 16. The summed E-state index contributed by atoms with van der Waals surface area (Å²) in [5, 5.41) is 34.2. The predicted octanol–water partition coefficient (Wildman–Crippen LogP) is 4.36. The molecule has 40 heavy (non-hydrogen) atoms. The van der Waals surface area contributed by atoms with Gasteiger partial charge in [-0.15, -0.1) is 0 Å². The lowest BCUT2D eigenvalue weighted by atomic mass is 9.93. The number of ether oxygens (including phenoxy) is 1. The molecule has 0 bridgehead atoms. The van der Waals surface area contributed by atoms with Crippen molar-refractivity contribution in [2.75, 3.05) is 26.2 Å². The van der Waals surface area contributed by atoms with E-state index in [-0.39, 0.29) is 24.1 Å². The van der Waals surface area contributed by atoms with Crippen molar-refractivity contribution in [2.45, 2.75) is 160 Å². The van der Waals surface area contributed by atoms with Crippen LogP contribution in [0.15, 0.2) is 0 Å². The zero-order valence-electron chi connectivity index (χ0n) is 25.8. The summed E-state index contributed by atoms with van der Waals surface area (Å²) >= 11 is 0. The number of likely N-dealkylation sites (tertiary alicyclic amines) is 1. The van der Waals surface area contributed by atoms with Crippen LogP contribution >= 0.6 is 0 Å². The first-order valence-electron chi connectivity index (χ1n) is 16.1. The number of aliphatic hydroxyl groups is 3. The standard InChI is InChI=1S/C31H59N3O6/c1-5-6-7-8-14-19-27(36)40-26-22-33(25(23-35)28(37)29(26)38)20-15-9-10-16-21-34(24-17-12-11-13-18-24)30(39)32-31(2,3)4/h24-26,28-29,35,37-38H,5-23H2,1-4H3,(H,32,39)/t25-,26+,28-,29-/m1/s1. The Balaban J connectivity index is 1.79. The van der Waals surface area contributed by atoms with E-state index in [1.165, 1.54) is 19.3 Å². The Morgan fingerprint density at radius 3 is 2.23 bits per heavy atom. The smallest absolute Gasteiger partial charge is 0.318 e. The Kier molecular flexibility index (Phi) is 15.8. The molecule has 0 aromatic rings. The van der Waals surface area contributed by atoms with Gasteiger partial charge in [-0.3, -0.25) is 9.69 Å². The lowest BCUT2D eigenvalue weighted by molar-refractivity contribution is -0.181. The fraction of sp³-hybridized carbons (Fsp3) is 0.935. The first-order chi connectivity index (χ1) is 19.1. The molecule has 2 fully saturated rings. The third kappa shape index (κ3) is 12.2. The van der Waals surface area contributed by atoms with Crippen molar-refractivity contribution >= 4 is 12.0 Å². The number of carbonyl (C=O) groups excluding carboxylic acids is 2. The Hall–Kier alpha value is -1.42. The van der Waals surface area contributed by atoms with Crippen molar-refractivity contribution < 1.29 is 29.6 Å². The van der Waals surface area contributed by atoms with E-state index in [0.29, 0.717) is 25.6 Å². The summed E-state index contributed by atoms with van der Waals surface area (Å²) in [5.74, 6) is -0.340. The highest BCUT2D eigenvalue weighted by atomic mass is 16.6. The molecule has 234 valence electrons. The summed E-state index contributed by atoms with van der Waals surface area (Å²) in [6.07, 6.45) is 11.8. The summed E-state index contributed by atoms with van der Waals surface area (Å²) in [6, 6.07) is -0.229. The maximum Gasteiger partial charge on any atom is 0.318 e. The van der Waals surface area contributed by atoms with E-state index >= 15 is 0 Å². The Bertz CT molecular complexity index is 724. The molecule has 0 radical (unpaired) electrons. The molecule has 0 aromatic carbocycles. The molecule has 9 heteroatoms.